The molecule has 1 aliphatic heterocycles. The minimum Gasteiger partial charge on any atom is -0.338 e. The Labute approximate surface area is 146 Å². The van der Waals surface area contributed by atoms with Gasteiger partial charge in [-0.2, -0.15) is 5.26 Å². The molecule has 1 atom stereocenters. The van der Waals surface area contributed by atoms with Gasteiger partial charge in [0.05, 0.1) is 22.3 Å². The maximum absolute atomic E-state index is 12.8. The molecule has 24 heavy (non-hydrogen) atoms. The predicted octanol–water partition coefficient (Wildman–Crippen LogP) is 4.16. The average molecular weight is 339 g/mol. The number of benzene rings is 1. The van der Waals surface area contributed by atoms with Gasteiger partial charge in [-0.05, 0) is 37.0 Å². The van der Waals surface area contributed by atoms with Gasteiger partial charge in [-0.15, -0.1) is 11.3 Å². The highest BCUT2D eigenvalue weighted by Crippen LogP contribution is 2.31. The highest BCUT2D eigenvalue weighted by Gasteiger charge is 2.27. The van der Waals surface area contributed by atoms with Crippen molar-refractivity contribution in [3.63, 3.8) is 0 Å². The van der Waals surface area contributed by atoms with Gasteiger partial charge in [-0.1, -0.05) is 19.9 Å². The van der Waals surface area contributed by atoms with Gasteiger partial charge >= 0.3 is 0 Å². The monoisotopic (exact) mass is 339 g/mol. The van der Waals surface area contributed by atoms with Crippen LogP contribution in [0.1, 0.15) is 65.1 Å². The maximum Gasteiger partial charge on any atom is 0.253 e. The van der Waals surface area contributed by atoms with E-state index in [1.807, 2.05) is 4.90 Å². The van der Waals surface area contributed by atoms with Crippen LogP contribution in [0.2, 0.25) is 0 Å². The molecule has 0 spiro atoms. The number of nitrogens with zero attached hydrogens (tertiary/aromatic N) is 3. The minimum absolute atomic E-state index is 0.0115. The average Bonchev–Trinajstić information content (AvgIpc) is 3.12. The second-order valence-electron chi connectivity index (χ2n) is 6.55. The third kappa shape index (κ3) is 3.49. The number of carbonyl (C=O) groups is 1. The normalized spacial score (nSPS) is 17.8. The zero-order chi connectivity index (χ0) is 17.1. The summed E-state index contributed by atoms with van der Waals surface area (Å²) in [4.78, 5) is 19.4. The van der Waals surface area contributed by atoms with Crippen molar-refractivity contribution in [2.24, 2.45) is 0 Å². The molecule has 0 saturated carbocycles. The van der Waals surface area contributed by atoms with Crippen LogP contribution in [0.5, 0.6) is 0 Å². The number of piperidine rings is 1. The van der Waals surface area contributed by atoms with Crippen molar-refractivity contribution in [2.45, 2.75) is 38.5 Å². The molecule has 0 radical (unpaired) electrons. The molecular formula is C19H21N3OS. The molecule has 124 valence electrons. The van der Waals surface area contributed by atoms with E-state index in [-0.39, 0.29) is 5.91 Å². The van der Waals surface area contributed by atoms with E-state index in [0.717, 1.165) is 30.1 Å². The van der Waals surface area contributed by atoms with Crippen LogP contribution in [0.25, 0.3) is 0 Å². The smallest absolute Gasteiger partial charge is 0.253 e. The largest absolute Gasteiger partial charge is 0.338 e. The third-order valence-electron chi connectivity index (χ3n) is 4.43. The number of rotatable bonds is 3. The Balaban J connectivity index is 1.75. The molecule has 3 rings (SSSR count). The van der Waals surface area contributed by atoms with Crippen LogP contribution in [0, 0.1) is 11.3 Å². The van der Waals surface area contributed by atoms with Gasteiger partial charge in [0.15, 0.2) is 0 Å². The van der Waals surface area contributed by atoms with E-state index in [1.54, 1.807) is 35.6 Å². The van der Waals surface area contributed by atoms with Crippen molar-refractivity contribution in [3.05, 3.63) is 51.5 Å². The number of thiazole rings is 1. The fraction of sp³-hybridized carbons (Fsp3) is 0.421. The standard InChI is InChI=1S/C19H21N3OS/c1-13(2)17-12-24-18(21-17)16-7-4-8-22(11-16)19(23)15-6-3-5-14(9-15)10-20/h3,5-6,9,12-13,16H,4,7-8,11H2,1-2H3. The molecule has 1 aliphatic rings. The first kappa shape index (κ1) is 16.7. The number of hydrogen-bond donors (Lipinski definition) is 0. The summed E-state index contributed by atoms with van der Waals surface area (Å²) >= 11 is 1.71. The summed E-state index contributed by atoms with van der Waals surface area (Å²) in [6, 6.07) is 9.04. The van der Waals surface area contributed by atoms with Crippen LogP contribution in [-0.2, 0) is 0 Å². The van der Waals surface area contributed by atoms with E-state index < -0.39 is 0 Å². The Morgan fingerprint density at radius 2 is 2.29 bits per heavy atom. The molecule has 4 nitrogen and oxygen atoms in total. The van der Waals surface area contributed by atoms with E-state index >= 15 is 0 Å². The fourth-order valence-electron chi connectivity index (χ4n) is 3.02. The lowest BCUT2D eigenvalue weighted by Crippen LogP contribution is -2.39. The molecule has 1 aromatic carbocycles. The second-order valence-corrected chi connectivity index (χ2v) is 7.44. The molecule has 0 aliphatic carbocycles. The first-order chi connectivity index (χ1) is 11.6. The van der Waals surface area contributed by atoms with Crippen LogP contribution in [0.4, 0.5) is 0 Å². The number of carbonyl (C=O) groups excluding carboxylic acids is 1. The summed E-state index contributed by atoms with van der Waals surface area (Å²) in [6.07, 6.45) is 2.07. The first-order valence-corrected chi connectivity index (χ1v) is 9.21. The molecule has 1 fully saturated rings. The van der Waals surface area contributed by atoms with Gasteiger partial charge in [0.1, 0.15) is 0 Å². The van der Waals surface area contributed by atoms with E-state index in [4.69, 9.17) is 10.2 Å². The van der Waals surface area contributed by atoms with Crippen LogP contribution < -0.4 is 0 Å². The van der Waals surface area contributed by atoms with Crippen molar-refractivity contribution in [1.82, 2.24) is 9.88 Å². The van der Waals surface area contributed by atoms with Gasteiger partial charge in [-0.3, -0.25) is 4.79 Å². The molecule has 0 N–H and O–H groups in total. The molecule has 2 heterocycles. The Bertz CT molecular complexity index is 775. The van der Waals surface area contributed by atoms with Crippen LogP contribution >= 0.6 is 11.3 Å². The summed E-state index contributed by atoms with van der Waals surface area (Å²) in [5.74, 6) is 0.766. The van der Waals surface area contributed by atoms with E-state index in [0.29, 0.717) is 29.5 Å². The number of nitriles is 1. The Morgan fingerprint density at radius 1 is 1.46 bits per heavy atom. The minimum atomic E-state index is 0.0115. The number of hydrogen-bond acceptors (Lipinski definition) is 4. The predicted molar refractivity (Wildman–Crippen MR) is 95.2 cm³/mol. The first-order valence-electron chi connectivity index (χ1n) is 8.33. The summed E-state index contributed by atoms with van der Waals surface area (Å²) < 4.78 is 0. The number of likely N-dealkylation sites (tertiary alicyclic amines) is 1. The van der Waals surface area contributed by atoms with E-state index in [1.165, 1.54) is 0 Å². The van der Waals surface area contributed by atoms with Gasteiger partial charge in [-0.25, -0.2) is 4.98 Å². The number of amides is 1. The molecule has 5 heteroatoms. The lowest BCUT2D eigenvalue weighted by Gasteiger charge is -2.32. The summed E-state index contributed by atoms with van der Waals surface area (Å²) in [6.45, 7) is 5.78. The molecule has 0 bridgehead atoms. The maximum atomic E-state index is 12.8. The van der Waals surface area contributed by atoms with Crippen molar-refractivity contribution in [2.75, 3.05) is 13.1 Å². The summed E-state index contributed by atoms with van der Waals surface area (Å²) in [7, 11) is 0. The summed E-state index contributed by atoms with van der Waals surface area (Å²) in [5, 5.41) is 12.3. The van der Waals surface area contributed by atoms with Gasteiger partial charge < -0.3 is 4.90 Å². The van der Waals surface area contributed by atoms with Crippen molar-refractivity contribution in [3.8, 4) is 6.07 Å². The Hall–Kier alpha value is -2.19. The lowest BCUT2D eigenvalue weighted by atomic mass is 9.97. The van der Waals surface area contributed by atoms with Crippen LogP contribution in [0.3, 0.4) is 0 Å². The van der Waals surface area contributed by atoms with E-state index in [9.17, 15) is 4.79 Å². The molecule has 1 saturated heterocycles. The number of aromatic nitrogens is 1. The quantitative estimate of drug-likeness (QED) is 0.844. The van der Waals surface area contributed by atoms with Gasteiger partial charge in [0.25, 0.3) is 5.91 Å². The fourth-order valence-corrected chi connectivity index (χ4v) is 4.13. The van der Waals surface area contributed by atoms with Gasteiger partial charge in [0.2, 0.25) is 0 Å². The van der Waals surface area contributed by atoms with Gasteiger partial charge in [0, 0.05) is 30.0 Å². The zero-order valence-electron chi connectivity index (χ0n) is 14.0. The molecule has 1 unspecified atom stereocenters. The zero-order valence-corrected chi connectivity index (χ0v) is 14.8. The van der Waals surface area contributed by atoms with Crippen molar-refractivity contribution >= 4 is 17.2 Å². The Kier molecular flexibility index (Phi) is 4.96. The highest BCUT2D eigenvalue weighted by atomic mass is 32.1. The second kappa shape index (κ2) is 7.14. The molecule has 1 aromatic heterocycles. The molecular weight excluding hydrogens is 318 g/mol. The Morgan fingerprint density at radius 3 is 3.00 bits per heavy atom. The SMILES string of the molecule is CC(C)c1csc(C2CCCN(C(=O)c3cccc(C#N)c3)C2)n1. The molecule has 1 amide bonds. The molecule has 2 aromatic rings. The van der Waals surface area contributed by atoms with Crippen LogP contribution in [-0.4, -0.2) is 28.9 Å². The highest BCUT2D eigenvalue weighted by molar-refractivity contribution is 7.09. The van der Waals surface area contributed by atoms with Crippen molar-refractivity contribution < 1.29 is 4.79 Å². The van der Waals surface area contributed by atoms with E-state index in [2.05, 4.69) is 25.3 Å². The van der Waals surface area contributed by atoms with Crippen LogP contribution in [0.15, 0.2) is 29.6 Å². The third-order valence-corrected chi connectivity index (χ3v) is 5.45. The van der Waals surface area contributed by atoms with Crippen molar-refractivity contribution in [1.29, 1.82) is 5.26 Å². The lowest BCUT2D eigenvalue weighted by molar-refractivity contribution is 0.0707. The summed E-state index contributed by atoms with van der Waals surface area (Å²) in [5.41, 5.74) is 2.26. The topological polar surface area (TPSA) is 57.0 Å².